The maximum Gasteiger partial charge on any atom is 0.269 e. The number of hydrogen-bond donors (Lipinski definition) is 2. The highest BCUT2D eigenvalue weighted by Crippen LogP contribution is 2.13. The second-order valence-electron chi connectivity index (χ2n) is 2.79. The molecule has 0 saturated heterocycles. The van der Waals surface area contributed by atoms with Gasteiger partial charge in [0.2, 0.25) is 5.82 Å². The van der Waals surface area contributed by atoms with E-state index in [2.05, 4.69) is 20.3 Å². The minimum atomic E-state index is -0.596. The lowest BCUT2D eigenvalue weighted by molar-refractivity contribution is 0.0996. The van der Waals surface area contributed by atoms with Crippen molar-refractivity contribution in [2.45, 2.75) is 13.8 Å². The number of rotatable bonds is 5. The Morgan fingerprint density at radius 3 is 2.69 bits per heavy atom. The molecule has 0 aliphatic rings. The quantitative estimate of drug-likeness (QED) is 0.604. The van der Waals surface area contributed by atoms with Gasteiger partial charge in [-0.1, -0.05) is 5.22 Å². The summed E-state index contributed by atoms with van der Waals surface area (Å²) >= 11 is 0. The predicted molar refractivity (Wildman–Crippen MR) is 61.8 cm³/mol. The van der Waals surface area contributed by atoms with Gasteiger partial charge in [0.15, 0.2) is 5.69 Å². The molecule has 0 spiro atoms. The summed E-state index contributed by atoms with van der Waals surface area (Å²) < 4.78 is 0. The van der Waals surface area contributed by atoms with Crippen LogP contribution >= 0.6 is 12.4 Å². The van der Waals surface area contributed by atoms with Gasteiger partial charge in [-0.2, -0.15) is 0 Å². The molecule has 0 aliphatic heterocycles. The number of H-pyrrole nitrogens is 1. The zero-order chi connectivity index (χ0) is 11.3. The van der Waals surface area contributed by atoms with Gasteiger partial charge in [-0.15, -0.1) is 17.5 Å². The summed E-state index contributed by atoms with van der Waals surface area (Å²) in [5.74, 6) is -0.379. The van der Waals surface area contributed by atoms with E-state index in [1.807, 2.05) is 13.8 Å². The van der Waals surface area contributed by atoms with Crippen molar-refractivity contribution < 1.29 is 4.79 Å². The van der Waals surface area contributed by atoms with E-state index in [9.17, 15) is 4.79 Å². The number of primary amides is 1. The molecule has 1 aromatic rings. The first kappa shape index (κ1) is 14.4. The van der Waals surface area contributed by atoms with Crippen molar-refractivity contribution in [3.8, 4) is 0 Å². The first-order valence-corrected chi connectivity index (χ1v) is 4.68. The minimum Gasteiger partial charge on any atom is -0.364 e. The Labute approximate surface area is 99.5 Å². The molecule has 0 radical (unpaired) electrons. The van der Waals surface area contributed by atoms with E-state index in [1.54, 1.807) is 5.01 Å². The van der Waals surface area contributed by atoms with Gasteiger partial charge in [0.25, 0.3) is 5.91 Å². The molecule has 0 aromatic carbocycles. The van der Waals surface area contributed by atoms with E-state index in [0.717, 1.165) is 13.1 Å². The molecule has 16 heavy (non-hydrogen) atoms. The molecule has 3 N–H and O–H groups in total. The van der Waals surface area contributed by atoms with E-state index in [0.29, 0.717) is 0 Å². The smallest absolute Gasteiger partial charge is 0.269 e. The number of carbonyl (C=O) groups is 1. The van der Waals surface area contributed by atoms with Gasteiger partial charge < -0.3 is 10.7 Å². The summed E-state index contributed by atoms with van der Waals surface area (Å²) in [5.41, 5.74) is 5.28. The summed E-state index contributed by atoms with van der Waals surface area (Å²) in [6.07, 6.45) is 1.36. The van der Waals surface area contributed by atoms with E-state index in [1.165, 1.54) is 6.33 Å². The molecular formula is C8H15ClN6O. The van der Waals surface area contributed by atoms with Crippen molar-refractivity contribution in [2.24, 2.45) is 16.1 Å². The van der Waals surface area contributed by atoms with Crippen LogP contribution in [0, 0.1) is 0 Å². The highest BCUT2D eigenvalue weighted by atomic mass is 35.5. The molecule has 1 heterocycles. The first-order valence-electron chi connectivity index (χ1n) is 4.68. The largest absolute Gasteiger partial charge is 0.364 e. The maximum atomic E-state index is 10.9. The minimum absolute atomic E-state index is 0. The summed E-state index contributed by atoms with van der Waals surface area (Å²) in [4.78, 5) is 17.3. The van der Waals surface area contributed by atoms with Crippen LogP contribution in [0.3, 0.4) is 0 Å². The number of nitrogens with two attached hydrogens (primary N) is 1. The zero-order valence-corrected chi connectivity index (χ0v) is 9.99. The van der Waals surface area contributed by atoms with Crippen LogP contribution in [0.15, 0.2) is 16.7 Å². The van der Waals surface area contributed by atoms with Crippen LogP contribution in [0.1, 0.15) is 24.3 Å². The molecule has 1 rings (SSSR count). The topological polar surface area (TPSA) is 99.7 Å². The molecular weight excluding hydrogens is 232 g/mol. The molecule has 0 fully saturated rings. The van der Waals surface area contributed by atoms with Gasteiger partial charge in [0, 0.05) is 13.1 Å². The third kappa shape index (κ3) is 3.50. The summed E-state index contributed by atoms with van der Waals surface area (Å²) in [7, 11) is 0. The lowest BCUT2D eigenvalue weighted by atomic mass is 10.4. The van der Waals surface area contributed by atoms with Crippen LogP contribution in [0.25, 0.3) is 0 Å². The SMILES string of the molecule is CCN(CC)/N=N/c1nc[nH]c1C(N)=O.Cl. The summed E-state index contributed by atoms with van der Waals surface area (Å²) in [6.45, 7) is 5.41. The molecule has 1 amide bonds. The Balaban J connectivity index is 0.00000225. The normalized spacial score (nSPS) is 10.1. The molecule has 0 bridgehead atoms. The highest BCUT2D eigenvalue weighted by molar-refractivity contribution is 5.94. The fourth-order valence-corrected chi connectivity index (χ4v) is 1.000. The second kappa shape index (κ2) is 6.78. The van der Waals surface area contributed by atoms with Crippen molar-refractivity contribution in [3.05, 3.63) is 12.0 Å². The number of aromatic amines is 1. The van der Waals surface area contributed by atoms with E-state index < -0.39 is 5.91 Å². The van der Waals surface area contributed by atoms with Gasteiger partial charge in [0.1, 0.15) is 0 Å². The molecule has 0 unspecified atom stereocenters. The fraction of sp³-hybridized carbons (Fsp3) is 0.500. The molecule has 0 atom stereocenters. The number of amides is 1. The van der Waals surface area contributed by atoms with Crippen LogP contribution in [0.4, 0.5) is 5.82 Å². The van der Waals surface area contributed by atoms with Crippen LogP contribution < -0.4 is 5.73 Å². The maximum absolute atomic E-state index is 10.9. The Morgan fingerprint density at radius 1 is 1.56 bits per heavy atom. The van der Waals surface area contributed by atoms with Crippen LogP contribution in [0.2, 0.25) is 0 Å². The second-order valence-corrected chi connectivity index (χ2v) is 2.79. The van der Waals surface area contributed by atoms with Crippen LogP contribution in [-0.4, -0.2) is 34.0 Å². The van der Waals surface area contributed by atoms with Crippen molar-refractivity contribution in [3.63, 3.8) is 0 Å². The third-order valence-corrected chi connectivity index (χ3v) is 1.86. The van der Waals surface area contributed by atoms with Gasteiger partial charge >= 0.3 is 0 Å². The van der Waals surface area contributed by atoms with Gasteiger partial charge in [-0.05, 0) is 13.8 Å². The fourth-order valence-electron chi connectivity index (χ4n) is 1.000. The summed E-state index contributed by atoms with van der Waals surface area (Å²) in [5, 5.41) is 9.49. The number of nitrogens with one attached hydrogen (secondary N) is 1. The number of halogens is 1. The van der Waals surface area contributed by atoms with Gasteiger partial charge in [0.05, 0.1) is 6.33 Å². The first-order chi connectivity index (χ1) is 7.19. The molecule has 90 valence electrons. The number of carbonyl (C=O) groups excluding carboxylic acids is 1. The Morgan fingerprint density at radius 2 is 2.19 bits per heavy atom. The lowest BCUT2D eigenvalue weighted by Crippen LogP contribution is -2.15. The number of hydrogen-bond acceptors (Lipinski definition) is 4. The molecule has 0 aliphatic carbocycles. The lowest BCUT2D eigenvalue weighted by Gasteiger charge is -2.10. The van der Waals surface area contributed by atoms with Crippen molar-refractivity contribution in [1.29, 1.82) is 0 Å². The number of imidazole rings is 1. The molecule has 8 heteroatoms. The summed E-state index contributed by atoms with van der Waals surface area (Å²) in [6, 6.07) is 0. The predicted octanol–water partition coefficient (Wildman–Crippen LogP) is 1.27. The average molecular weight is 247 g/mol. The van der Waals surface area contributed by atoms with E-state index in [-0.39, 0.29) is 23.9 Å². The van der Waals surface area contributed by atoms with Gasteiger partial charge in [-0.3, -0.25) is 9.80 Å². The third-order valence-electron chi connectivity index (χ3n) is 1.86. The number of aromatic nitrogens is 2. The van der Waals surface area contributed by atoms with Crippen molar-refractivity contribution in [2.75, 3.05) is 13.1 Å². The monoisotopic (exact) mass is 246 g/mol. The Hall–Kier alpha value is -1.63. The zero-order valence-electron chi connectivity index (χ0n) is 9.17. The molecule has 1 aromatic heterocycles. The van der Waals surface area contributed by atoms with Crippen molar-refractivity contribution in [1.82, 2.24) is 15.0 Å². The molecule has 7 nitrogen and oxygen atoms in total. The Bertz CT molecular complexity index is 359. The molecule has 0 saturated carbocycles. The number of nitrogens with zero attached hydrogens (tertiary/aromatic N) is 4. The van der Waals surface area contributed by atoms with E-state index in [4.69, 9.17) is 5.73 Å². The average Bonchev–Trinajstić information content (AvgIpc) is 2.67. The van der Waals surface area contributed by atoms with Crippen molar-refractivity contribution >= 4 is 24.1 Å². The van der Waals surface area contributed by atoms with Gasteiger partial charge in [-0.25, -0.2) is 4.98 Å². The standard InChI is InChI=1S/C8H14N6O.ClH/c1-3-14(4-2)13-12-8-6(7(9)15)10-5-11-8;/h5H,3-4H2,1-2H3,(H2,9,15)(H,10,11);1H/b13-12+;. The van der Waals surface area contributed by atoms with Crippen LogP contribution in [-0.2, 0) is 0 Å². The highest BCUT2D eigenvalue weighted by Gasteiger charge is 2.10. The van der Waals surface area contributed by atoms with E-state index >= 15 is 0 Å². The van der Waals surface area contributed by atoms with Crippen LogP contribution in [0.5, 0.6) is 0 Å². The Kier molecular flexibility index (Phi) is 6.09.